The van der Waals surface area contributed by atoms with Crippen LogP contribution < -0.4 is 5.73 Å². The van der Waals surface area contributed by atoms with Crippen LogP contribution in [0.2, 0.25) is 0 Å². The number of nitrogens with two attached hydrogens (primary N) is 1. The molecule has 2 rings (SSSR count). The first-order valence-electron chi connectivity index (χ1n) is 5.07. The third-order valence-electron chi connectivity index (χ3n) is 2.31. The van der Waals surface area contributed by atoms with Gasteiger partial charge in [0.05, 0.1) is 18.1 Å². The van der Waals surface area contributed by atoms with Crippen molar-refractivity contribution in [3.05, 3.63) is 47.9 Å². The largest absolute Gasteiger partial charge is 0.472 e. The Hall–Kier alpha value is -1.56. The van der Waals surface area contributed by atoms with Crippen LogP contribution in [0.4, 0.5) is 18.9 Å². The standard InChI is InChI=1S/C12H10F3NOS/c13-12(14,15)9-1-2-11(10(16)5-9)18-7-8-3-4-17-6-8/h1-6H,7,16H2. The molecule has 0 radical (unpaired) electrons. The number of benzene rings is 1. The number of halogens is 3. The molecule has 96 valence electrons. The molecular formula is C12H10F3NOS. The average molecular weight is 273 g/mol. The minimum atomic E-state index is -4.36. The maximum absolute atomic E-state index is 12.4. The van der Waals surface area contributed by atoms with Crippen molar-refractivity contribution in [3.8, 4) is 0 Å². The predicted molar refractivity (Wildman–Crippen MR) is 64.1 cm³/mol. The molecule has 0 saturated carbocycles. The number of thioether (sulfide) groups is 1. The Bertz CT molecular complexity index is 523. The van der Waals surface area contributed by atoms with Crippen molar-refractivity contribution < 1.29 is 17.6 Å². The van der Waals surface area contributed by atoms with Gasteiger partial charge in [0.15, 0.2) is 0 Å². The molecule has 0 amide bonds. The first-order valence-corrected chi connectivity index (χ1v) is 6.06. The Morgan fingerprint density at radius 1 is 1.22 bits per heavy atom. The second-order valence-corrected chi connectivity index (χ2v) is 4.69. The Morgan fingerprint density at radius 3 is 2.56 bits per heavy atom. The summed E-state index contributed by atoms with van der Waals surface area (Å²) in [5.74, 6) is 0.603. The van der Waals surface area contributed by atoms with Gasteiger partial charge in [-0.1, -0.05) is 0 Å². The monoisotopic (exact) mass is 273 g/mol. The lowest BCUT2D eigenvalue weighted by Crippen LogP contribution is -2.05. The van der Waals surface area contributed by atoms with Crippen molar-refractivity contribution in [1.82, 2.24) is 0 Å². The summed E-state index contributed by atoms with van der Waals surface area (Å²) in [7, 11) is 0. The van der Waals surface area contributed by atoms with Crippen LogP contribution in [0, 0.1) is 0 Å². The maximum Gasteiger partial charge on any atom is 0.416 e. The van der Waals surface area contributed by atoms with Crippen LogP contribution in [0.15, 0.2) is 46.1 Å². The molecule has 0 aliphatic heterocycles. The van der Waals surface area contributed by atoms with Crippen molar-refractivity contribution >= 4 is 17.4 Å². The highest BCUT2D eigenvalue weighted by atomic mass is 32.2. The van der Waals surface area contributed by atoms with Gasteiger partial charge < -0.3 is 10.2 Å². The summed E-state index contributed by atoms with van der Waals surface area (Å²) in [5, 5.41) is 0. The maximum atomic E-state index is 12.4. The van der Waals surface area contributed by atoms with E-state index >= 15 is 0 Å². The van der Waals surface area contributed by atoms with Gasteiger partial charge in [0.25, 0.3) is 0 Å². The van der Waals surface area contributed by atoms with Crippen molar-refractivity contribution in [3.63, 3.8) is 0 Å². The van der Waals surface area contributed by atoms with E-state index in [9.17, 15) is 13.2 Å². The van der Waals surface area contributed by atoms with Crippen LogP contribution in [-0.4, -0.2) is 0 Å². The van der Waals surface area contributed by atoms with E-state index in [1.165, 1.54) is 17.8 Å². The van der Waals surface area contributed by atoms with Gasteiger partial charge in [-0.2, -0.15) is 13.2 Å². The number of rotatable bonds is 3. The molecule has 0 aliphatic carbocycles. The van der Waals surface area contributed by atoms with Crippen LogP contribution in [0.5, 0.6) is 0 Å². The van der Waals surface area contributed by atoms with Crippen LogP contribution in [0.1, 0.15) is 11.1 Å². The molecule has 0 unspecified atom stereocenters. The summed E-state index contributed by atoms with van der Waals surface area (Å²) in [5.41, 5.74) is 5.98. The summed E-state index contributed by atoms with van der Waals surface area (Å²) >= 11 is 1.37. The molecule has 0 spiro atoms. The van der Waals surface area contributed by atoms with Gasteiger partial charge in [0.1, 0.15) is 0 Å². The molecule has 2 nitrogen and oxygen atoms in total. The average Bonchev–Trinajstić information content (AvgIpc) is 2.79. The Balaban J connectivity index is 2.10. The van der Waals surface area contributed by atoms with E-state index < -0.39 is 11.7 Å². The van der Waals surface area contributed by atoms with Crippen LogP contribution in [0.3, 0.4) is 0 Å². The first kappa shape index (κ1) is 12.9. The summed E-state index contributed by atoms with van der Waals surface area (Å²) in [6.45, 7) is 0. The van der Waals surface area contributed by atoms with E-state index in [1.54, 1.807) is 18.6 Å². The number of hydrogen-bond donors (Lipinski definition) is 1. The summed E-state index contributed by atoms with van der Waals surface area (Å²) in [6, 6.07) is 5.18. The number of alkyl halides is 3. The number of hydrogen-bond acceptors (Lipinski definition) is 3. The summed E-state index contributed by atoms with van der Waals surface area (Å²) in [4.78, 5) is 0.629. The van der Waals surface area contributed by atoms with Gasteiger partial charge in [-0.15, -0.1) is 11.8 Å². The zero-order chi connectivity index (χ0) is 13.2. The van der Waals surface area contributed by atoms with E-state index in [1.807, 2.05) is 0 Å². The Kier molecular flexibility index (Phi) is 3.56. The van der Waals surface area contributed by atoms with E-state index in [4.69, 9.17) is 10.2 Å². The quantitative estimate of drug-likeness (QED) is 0.673. The lowest BCUT2D eigenvalue weighted by Gasteiger charge is -2.10. The van der Waals surface area contributed by atoms with Crippen LogP contribution >= 0.6 is 11.8 Å². The molecule has 2 aromatic rings. The fraction of sp³-hybridized carbons (Fsp3) is 0.167. The SMILES string of the molecule is Nc1cc(C(F)(F)F)ccc1SCc1ccoc1. The summed E-state index contributed by atoms with van der Waals surface area (Å²) < 4.78 is 42.2. The lowest BCUT2D eigenvalue weighted by atomic mass is 10.2. The van der Waals surface area contributed by atoms with Crippen LogP contribution in [0.25, 0.3) is 0 Å². The normalized spacial score (nSPS) is 11.7. The number of furan rings is 1. The third-order valence-corrected chi connectivity index (χ3v) is 3.47. The van der Waals surface area contributed by atoms with Gasteiger partial charge in [-0.3, -0.25) is 0 Å². The third kappa shape index (κ3) is 3.01. The highest BCUT2D eigenvalue weighted by Gasteiger charge is 2.30. The molecule has 0 atom stereocenters. The van der Waals surface area contributed by atoms with E-state index in [2.05, 4.69) is 0 Å². The molecule has 0 fully saturated rings. The molecule has 2 N–H and O–H groups in total. The van der Waals surface area contributed by atoms with E-state index in [-0.39, 0.29) is 5.69 Å². The highest BCUT2D eigenvalue weighted by Crippen LogP contribution is 2.35. The molecule has 18 heavy (non-hydrogen) atoms. The minimum Gasteiger partial charge on any atom is -0.472 e. The second-order valence-electron chi connectivity index (χ2n) is 3.67. The molecule has 0 aliphatic rings. The Morgan fingerprint density at radius 2 is 2.00 bits per heavy atom. The van der Waals surface area contributed by atoms with Crippen molar-refractivity contribution in [2.75, 3.05) is 5.73 Å². The molecule has 1 aromatic heterocycles. The highest BCUT2D eigenvalue weighted by molar-refractivity contribution is 7.98. The Labute approximate surface area is 106 Å². The number of anilines is 1. The van der Waals surface area contributed by atoms with Crippen LogP contribution in [-0.2, 0) is 11.9 Å². The van der Waals surface area contributed by atoms with Gasteiger partial charge in [-0.05, 0) is 24.3 Å². The van der Waals surface area contributed by atoms with Gasteiger partial charge in [-0.25, -0.2) is 0 Å². The van der Waals surface area contributed by atoms with E-state index in [0.29, 0.717) is 10.6 Å². The first-order chi connectivity index (χ1) is 8.47. The molecule has 6 heteroatoms. The zero-order valence-corrected chi connectivity index (χ0v) is 10.0. The van der Waals surface area contributed by atoms with E-state index in [0.717, 1.165) is 17.7 Å². The summed E-state index contributed by atoms with van der Waals surface area (Å²) in [6.07, 6.45) is -1.22. The van der Waals surface area contributed by atoms with Crippen molar-refractivity contribution in [2.45, 2.75) is 16.8 Å². The van der Waals surface area contributed by atoms with Gasteiger partial charge in [0.2, 0.25) is 0 Å². The predicted octanol–water partition coefficient (Wildman–Crippen LogP) is 4.17. The second kappa shape index (κ2) is 4.97. The molecule has 1 heterocycles. The smallest absolute Gasteiger partial charge is 0.416 e. The topological polar surface area (TPSA) is 39.2 Å². The van der Waals surface area contributed by atoms with Gasteiger partial charge >= 0.3 is 6.18 Å². The molecule has 1 aromatic carbocycles. The fourth-order valence-electron chi connectivity index (χ4n) is 1.39. The van der Waals surface area contributed by atoms with Crippen molar-refractivity contribution in [1.29, 1.82) is 0 Å². The molecule has 0 saturated heterocycles. The van der Waals surface area contributed by atoms with Gasteiger partial charge in [0, 0.05) is 21.9 Å². The minimum absolute atomic E-state index is 0.137. The lowest BCUT2D eigenvalue weighted by molar-refractivity contribution is -0.137. The molecular weight excluding hydrogens is 263 g/mol. The van der Waals surface area contributed by atoms with Crippen molar-refractivity contribution in [2.24, 2.45) is 0 Å². The molecule has 0 bridgehead atoms. The number of nitrogen functional groups attached to an aromatic ring is 1. The fourth-order valence-corrected chi connectivity index (χ4v) is 2.27. The zero-order valence-electron chi connectivity index (χ0n) is 9.20.